The molecule has 3 aromatic rings. The number of carbonyl (C=O) groups is 1. The normalized spacial score (nSPS) is 16.1. The number of anilines is 1. The van der Waals surface area contributed by atoms with Gasteiger partial charge in [0.15, 0.2) is 11.5 Å². The van der Waals surface area contributed by atoms with Crippen molar-refractivity contribution in [2.45, 2.75) is 25.2 Å². The molecular formula is C21H18BrN4O4S+. The minimum atomic E-state index is -0.658. The second-order valence-corrected chi connectivity index (χ2v) is 9.19. The third-order valence-corrected chi connectivity index (χ3v) is 6.37. The van der Waals surface area contributed by atoms with Crippen LogP contribution in [0.25, 0.3) is 11.3 Å². The number of nitrogens with zero attached hydrogens (tertiary/aromatic N) is 3. The summed E-state index contributed by atoms with van der Waals surface area (Å²) in [6.45, 7) is 3.64. The van der Waals surface area contributed by atoms with Crippen molar-refractivity contribution in [1.82, 2.24) is 10.1 Å². The van der Waals surface area contributed by atoms with Gasteiger partial charge in [0.05, 0.1) is 11.3 Å². The number of aromatic amines is 1. The number of fused-ring (bicyclic) bond motifs is 4. The number of thioether (sulfide) groups is 1. The molecule has 3 heterocycles. The van der Waals surface area contributed by atoms with Gasteiger partial charge in [-0.15, -0.1) is 0 Å². The number of benzene rings is 2. The minimum absolute atomic E-state index is 0.148. The van der Waals surface area contributed by atoms with Crippen molar-refractivity contribution in [3.8, 4) is 22.8 Å². The summed E-state index contributed by atoms with van der Waals surface area (Å²) in [5, 5.41) is 5.21. The molecule has 1 amide bonds. The molecule has 2 aromatic carbocycles. The number of nitrogens with one attached hydrogen (secondary N) is 1. The first kappa shape index (κ1) is 20.1. The lowest BCUT2D eigenvalue weighted by Crippen LogP contribution is -2.60. The van der Waals surface area contributed by atoms with Crippen LogP contribution in [0.2, 0.25) is 0 Å². The molecule has 31 heavy (non-hydrogen) atoms. The van der Waals surface area contributed by atoms with Crippen LogP contribution in [-0.4, -0.2) is 28.5 Å². The Labute approximate surface area is 190 Å². The predicted molar refractivity (Wildman–Crippen MR) is 118 cm³/mol. The van der Waals surface area contributed by atoms with Gasteiger partial charge < -0.3 is 9.47 Å². The van der Waals surface area contributed by atoms with E-state index < -0.39 is 6.17 Å². The van der Waals surface area contributed by atoms with Crippen LogP contribution in [-0.2, 0) is 4.79 Å². The number of hydrogen-bond donors (Lipinski definition) is 1. The van der Waals surface area contributed by atoms with Crippen LogP contribution in [0.4, 0.5) is 5.69 Å². The second kappa shape index (κ2) is 7.69. The lowest BCUT2D eigenvalue weighted by Gasteiger charge is -2.31. The Kier molecular flexibility index (Phi) is 4.98. The van der Waals surface area contributed by atoms with Crippen LogP contribution in [0.15, 0.2) is 50.8 Å². The topological polar surface area (TPSA) is 88.4 Å². The summed E-state index contributed by atoms with van der Waals surface area (Å²) in [6, 6.07) is 11.0. The summed E-state index contributed by atoms with van der Waals surface area (Å²) in [4.78, 5) is 30.6. The molecule has 2 aliphatic heterocycles. The smallest absolute Gasteiger partial charge is 0.325 e. The Morgan fingerprint density at radius 2 is 2.10 bits per heavy atom. The van der Waals surface area contributed by atoms with Crippen molar-refractivity contribution >= 4 is 39.3 Å². The lowest BCUT2D eigenvalue weighted by molar-refractivity contribution is -0.763. The van der Waals surface area contributed by atoms with Crippen LogP contribution < -0.4 is 24.6 Å². The van der Waals surface area contributed by atoms with Gasteiger partial charge in [0.2, 0.25) is 17.9 Å². The van der Waals surface area contributed by atoms with E-state index in [1.807, 2.05) is 43.3 Å². The van der Waals surface area contributed by atoms with Gasteiger partial charge in [-0.25, -0.2) is 4.90 Å². The molecule has 0 saturated heterocycles. The van der Waals surface area contributed by atoms with Crippen LogP contribution in [0.5, 0.6) is 11.5 Å². The van der Waals surface area contributed by atoms with E-state index in [1.165, 1.54) is 18.7 Å². The van der Waals surface area contributed by atoms with Crippen LogP contribution in [0.1, 0.15) is 25.6 Å². The quantitative estimate of drug-likeness (QED) is 0.437. The second-order valence-electron chi connectivity index (χ2n) is 7.02. The number of amides is 1. The molecule has 1 N–H and O–H groups in total. The predicted octanol–water partition coefficient (Wildman–Crippen LogP) is 3.24. The zero-order valence-electron chi connectivity index (χ0n) is 16.7. The number of carbonyl (C=O) groups excluding carboxylic acids is 1. The zero-order chi connectivity index (χ0) is 21.7. The molecule has 0 fully saturated rings. The van der Waals surface area contributed by atoms with Gasteiger partial charge in [0.25, 0.3) is 6.17 Å². The zero-order valence-corrected chi connectivity index (χ0v) is 19.1. The highest BCUT2D eigenvalue weighted by molar-refractivity contribution is 9.10. The van der Waals surface area contributed by atoms with Gasteiger partial charge in [-0.1, -0.05) is 34.6 Å². The van der Waals surface area contributed by atoms with E-state index in [1.54, 1.807) is 9.58 Å². The molecule has 1 atom stereocenters. The summed E-state index contributed by atoms with van der Waals surface area (Å²) in [5.41, 5.74) is 2.14. The van der Waals surface area contributed by atoms with Crippen molar-refractivity contribution < 1.29 is 19.0 Å². The molecule has 0 bridgehead atoms. The van der Waals surface area contributed by atoms with Crippen LogP contribution in [0, 0.1) is 0 Å². The van der Waals surface area contributed by atoms with Gasteiger partial charge in [0.1, 0.15) is 0 Å². The fourth-order valence-electron chi connectivity index (χ4n) is 3.91. The Morgan fingerprint density at radius 1 is 1.29 bits per heavy atom. The van der Waals surface area contributed by atoms with Crippen LogP contribution >= 0.6 is 27.7 Å². The molecule has 0 unspecified atom stereocenters. The van der Waals surface area contributed by atoms with Gasteiger partial charge >= 0.3 is 11.3 Å². The third kappa shape index (κ3) is 3.30. The van der Waals surface area contributed by atoms with E-state index in [9.17, 15) is 9.59 Å². The van der Waals surface area contributed by atoms with E-state index in [0.29, 0.717) is 33.6 Å². The fourth-order valence-corrected chi connectivity index (χ4v) is 4.86. The van der Waals surface area contributed by atoms with Gasteiger partial charge in [-0.3, -0.25) is 14.6 Å². The van der Waals surface area contributed by atoms with Gasteiger partial charge in [0, 0.05) is 22.1 Å². The van der Waals surface area contributed by atoms with Crippen molar-refractivity contribution in [1.29, 1.82) is 0 Å². The van der Waals surface area contributed by atoms with E-state index in [4.69, 9.17) is 14.6 Å². The summed E-state index contributed by atoms with van der Waals surface area (Å²) < 4.78 is 13.4. The number of halogens is 1. The highest BCUT2D eigenvalue weighted by Gasteiger charge is 2.45. The maximum absolute atomic E-state index is 13.2. The highest BCUT2D eigenvalue weighted by Crippen LogP contribution is 2.41. The first-order valence-electron chi connectivity index (χ1n) is 9.66. The highest BCUT2D eigenvalue weighted by atomic mass is 79.9. The van der Waals surface area contributed by atoms with E-state index in [-0.39, 0.29) is 18.3 Å². The summed E-state index contributed by atoms with van der Waals surface area (Å²) in [7, 11) is 0. The molecule has 0 saturated carbocycles. The molecule has 0 aliphatic carbocycles. The van der Waals surface area contributed by atoms with Gasteiger partial charge in [-0.2, -0.15) is 0 Å². The number of rotatable bonds is 3. The maximum Gasteiger partial charge on any atom is 0.325 e. The SMILES string of the molecule is CCSc1n[n+]2c(c(=O)[nH]1)-c1cc(Br)ccc1N(C(C)=O)[C@@H]2c1ccc2c(c1)OCO2. The standard InChI is InChI=1S/C21H17BrN4O4S/c1-3-31-21-23-19(28)18-14-9-13(22)5-6-15(14)25(11(2)27)20(26(18)24-21)12-4-7-16-17(8-12)30-10-29-16/h4-9,20H,3,10H2,1-2H3/p+1/t20-/m0/s1. The first-order valence-corrected chi connectivity index (χ1v) is 11.4. The average Bonchev–Trinajstić information content (AvgIpc) is 3.20. The van der Waals surface area contributed by atoms with Crippen molar-refractivity contribution in [2.75, 3.05) is 17.4 Å². The number of H-pyrrole nitrogens is 1. The van der Waals surface area contributed by atoms with Crippen LogP contribution in [0.3, 0.4) is 0 Å². The molecule has 2 aliphatic rings. The van der Waals surface area contributed by atoms with E-state index >= 15 is 0 Å². The largest absolute Gasteiger partial charge is 0.454 e. The molecule has 158 valence electrons. The van der Waals surface area contributed by atoms with Crippen molar-refractivity contribution in [3.05, 3.63) is 56.8 Å². The number of ether oxygens (including phenoxy) is 2. The van der Waals surface area contributed by atoms with Crippen molar-refractivity contribution in [3.63, 3.8) is 0 Å². The monoisotopic (exact) mass is 501 g/mol. The summed E-state index contributed by atoms with van der Waals surface area (Å²) in [6.07, 6.45) is -0.658. The van der Waals surface area contributed by atoms with Crippen molar-refractivity contribution in [2.24, 2.45) is 0 Å². The molecule has 5 rings (SSSR count). The maximum atomic E-state index is 13.2. The first-order chi connectivity index (χ1) is 15.0. The Hall–Kier alpha value is -2.85. The number of aromatic nitrogens is 3. The summed E-state index contributed by atoms with van der Waals surface area (Å²) in [5.74, 6) is 1.81. The molecule has 1 aromatic heterocycles. The average molecular weight is 502 g/mol. The van der Waals surface area contributed by atoms with E-state index in [0.717, 1.165) is 15.8 Å². The summed E-state index contributed by atoms with van der Waals surface area (Å²) >= 11 is 4.91. The van der Waals surface area contributed by atoms with Gasteiger partial charge in [-0.05, 0) is 46.8 Å². The lowest BCUT2D eigenvalue weighted by atomic mass is 10.0. The molecule has 0 spiro atoms. The minimum Gasteiger partial charge on any atom is -0.454 e. The molecule has 0 radical (unpaired) electrons. The Morgan fingerprint density at radius 3 is 2.87 bits per heavy atom. The van der Waals surface area contributed by atoms with E-state index in [2.05, 4.69) is 20.9 Å². The molecular weight excluding hydrogens is 484 g/mol. The molecule has 8 nitrogen and oxygen atoms in total. The molecule has 10 heteroatoms. The Bertz CT molecular complexity index is 1280. The Balaban J connectivity index is 1.82. The number of hydrogen-bond acceptors (Lipinski definition) is 6. The third-order valence-electron chi connectivity index (χ3n) is 5.13. The fraction of sp³-hybridized carbons (Fsp3) is 0.238.